The van der Waals surface area contributed by atoms with Gasteiger partial charge in [0, 0.05) is 32.4 Å². The summed E-state index contributed by atoms with van der Waals surface area (Å²) in [7, 11) is 1.77. The van der Waals surface area contributed by atoms with Crippen LogP contribution in [-0.2, 0) is 16.1 Å². The van der Waals surface area contributed by atoms with Crippen molar-refractivity contribution >= 4 is 23.2 Å². The van der Waals surface area contributed by atoms with Crippen molar-refractivity contribution < 1.29 is 14.3 Å². The quantitative estimate of drug-likeness (QED) is 0.778. The van der Waals surface area contributed by atoms with E-state index in [9.17, 15) is 4.79 Å². The number of halogens is 1. The molecule has 1 saturated heterocycles. The molecule has 2 aromatic carbocycles. The maximum Gasteiger partial charge on any atom is 0.260 e. The second kappa shape index (κ2) is 8.92. The van der Waals surface area contributed by atoms with Crippen LogP contribution in [0.4, 0.5) is 5.69 Å². The van der Waals surface area contributed by atoms with E-state index >= 15 is 0 Å². The number of anilines is 1. The van der Waals surface area contributed by atoms with Crippen LogP contribution in [0.5, 0.6) is 5.75 Å². The third-order valence-electron chi connectivity index (χ3n) is 4.35. The highest BCUT2D eigenvalue weighted by molar-refractivity contribution is 6.32. The molecular weight excluding hydrogens is 352 g/mol. The van der Waals surface area contributed by atoms with Gasteiger partial charge in [-0.15, -0.1) is 0 Å². The number of nitrogens with zero attached hydrogens (tertiary/aromatic N) is 2. The molecule has 3 rings (SSSR count). The summed E-state index contributed by atoms with van der Waals surface area (Å²) in [5, 5.41) is 0.502. The van der Waals surface area contributed by atoms with E-state index in [0.29, 0.717) is 17.3 Å². The number of hydrogen-bond acceptors (Lipinski definition) is 4. The van der Waals surface area contributed by atoms with E-state index in [-0.39, 0.29) is 12.5 Å². The van der Waals surface area contributed by atoms with Crippen LogP contribution in [0.15, 0.2) is 48.5 Å². The Morgan fingerprint density at radius 3 is 2.54 bits per heavy atom. The summed E-state index contributed by atoms with van der Waals surface area (Å²) in [4.78, 5) is 16.2. The van der Waals surface area contributed by atoms with Gasteiger partial charge in [-0.3, -0.25) is 4.79 Å². The van der Waals surface area contributed by atoms with Gasteiger partial charge in [-0.1, -0.05) is 35.9 Å². The Morgan fingerprint density at radius 1 is 1.15 bits per heavy atom. The number of benzene rings is 2. The van der Waals surface area contributed by atoms with Crippen LogP contribution in [-0.4, -0.2) is 50.8 Å². The maximum absolute atomic E-state index is 12.3. The predicted octanol–water partition coefficient (Wildman–Crippen LogP) is 3.21. The molecule has 1 aliphatic heterocycles. The monoisotopic (exact) mass is 374 g/mol. The number of carbonyl (C=O) groups is 1. The van der Waals surface area contributed by atoms with E-state index in [1.54, 1.807) is 24.1 Å². The fraction of sp³-hybridized carbons (Fsp3) is 0.350. The fourth-order valence-corrected chi connectivity index (χ4v) is 3.00. The molecule has 1 fully saturated rings. The highest BCUT2D eigenvalue weighted by Crippen LogP contribution is 2.23. The lowest BCUT2D eigenvalue weighted by Crippen LogP contribution is -2.36. The van der Waals surface area contributed by atoms with Gasteiger partial charge in [-0.25, -0.2) is 0 Å². The molecule has 0 atom stereocenters. The summed E-state index contributed by atoms with van der Waals surface area (Å²) in [6, 6.07) is 15.4. The highest BCUT2D eigenvalue weighted by Gasteiger charge is 2.13. The third-order valence-corrected chi connectivity index (χ3v) is 4.66. The number of amides is 1. The average Bonchev–Trinajstić information content (AvgIpc) is 2.68. The first-order valence-corrected chi connectivity index (χ1v) is 9.04. The first kappa shape index (κ1) is 18.5. The predicted molar refractivity (Wildman–Crippen MR) is 103 cm³/mol. The largest absolute Gasteiger partial charge is 0.482 e. The molecular formula is C20H23ClN2O3. The summed E-state index contributed by atoms with van der Waals surface area (Å²) in [5.74, 6) is 0.424. The van der Waals surface area contributed by atoms with Crippen molar-refractivity contribution in [3.05, 3.63) is 59.1 Å². The lowest BCUT2D eigenvalue weighted by Gasteiger charge is -2.29. The van der Waals surface area contributed by atoms with Crippen LogP contribution in [0.25, 0.3) is 0 Å². The van der Waals surface area contributed by atoms with Crippen molar-refractivity contribution in [1.29, 1.82) is 0 Å². The molecule has 0 aromatic heterocycles. The second-order valence-electron chi connectivity index (χ2n) is 6.23. The van der Waals surface area contributed by atoms with Crippen molar-refractivity contribution in [2.75, 3.05) is 44.9 Å². The Balaban J connectivity index is 1.51. The minimum atomic E-state index is -0.0952. The molecule has 138 valence electrons. The number of carbonyl (C=O) groups excluding carboxylic acids is 1. The summed E-state index contributed by atoms with van der Waals surface area (Å²) >= 11 is 6.03. The van der Waals surface area contributed by atoms with Gasteiger partial charge in [0.05, 0.1) is 18.2 Å². The molecule has 0 aliphatic carbocycles. The van der Waals surface area contributed by atoms with Crippen molar-refractivity contribution in [2.45, 2.75) is 6.54 Å². The SMILES string of the molecule is CN(Cc1ccc(N2CCOCC2)cc1)C(=O)COc1ccccc1Cl. The fourth-order valence-electron chi connectivity index (χ4n) is 2.81. The van der Waals surface area contributed by atoms with E-state index in [0.717, 1.165) is 31.9 Å². The van der Waals surface area contributed by atoms with Crippen molar-refractivity contribution in [2.24, 2.45) is 0 Å². The highest BCUT2D eigenvalue weighted by atomic mass is 35.5. The van der Waals surface area contributed by atoms with Crippen LogP contribution < -0.4 is 9.64 Å². The molecule has 0 bridgehead atoms. The topological polar surface area (TPSA) is 42.0 Å². The molecule has 0 radical (unpaired) electrons. The van der Waals surface area contributed by atoms with Crippen LogP contribution in [0.1, 0.15) is 5.56 Å². The molecule has 1 aliphatic rings. The number of hydrogen-bond donors (Lipinski definition) is 0. The van der Waals surface area contributed by atoms with Crippen LogP contribution in [0, 0.1) is 0 Å². The Morgan fingerprint density at radius 2 is 1.85 bits per heavy atom. The maximum atomic E-state index is 12.3. The van der Waals surface area contributed by atoms with Gasteiger partial charge in [0.25, 0.3) is 5.91 Å². The average molecular weight is 375 g/mol. The zero-order chi connectivity index (χ0) is 18.4. The smallest absolute Gasteiger partial charge is 0.260 e. The summed E-state index contributed by atoms with van der Waals surface area (Å²) < 4.78 is 10.9. The van der Waals surface area contributed by atoms with Crippen molar-refractivity contribution in [1.82, 2.24) is 4.90 Å². The molecule has 26 heavy (non-hydrogen) atoms. The molecule has 0 spiro atoms. The first-order valence-electron chi connectivity index (χ1n) is 8.66. The zero-order valence-electron chi connectivity index (χ0n) is 14.9. The third kappa shape index (κ3) is 4.90. The Kier molecular flexibility index (Phi) is 6.36. The Bertz CT molecular complexity index is 730. The molecule has 0 N–H and O–H groups in total. The Labute approximate surface area is 159 Å². The van der Waals surface area contributed by atoms with Gasteiger partial charge < -0.3 is 19.3 Å². The molecule has 2 aromatic rings. The number of ether oxygens (including phenoxy) is 2. The van der Waals surface area contributed by atoms with Crippen molar-refractivity contribution in [3.8, 4) is 5.75 Å². The standard InChI is InChI=1S/C20H23ClN2O3/c1-22(20(24)15-26-19-5-3-2-4-18(19)21)14-16-6-8-17(9-7-16)23-10-12-25-13-11-23/h2-9H,10-15H2,1H3. The van der Waals surface area contributed by atoms with E-state index < -0.39 is 0 Å². The lowest BCUT2D eigenvalue weighted by atomic mass is 10.1. The summed E-state index contributed by atoms with van der Waals surface area (Å²) in [6.45, 7) is 3.86. The molecule has 0 saturated carbocycles. The normalized spacial score (nSPS) is 14.2. The number of rotatable bonds is 6. The molecule has 6 heteroatoms. The van der Waals surface area contributed by atoms with Crippen LogP contribution in [0.2, 0.25) is 5.02 Å². The van der Waals surface area contributed by atoms with Gasteiger partial charge in [-0.05, 0) is 29.8 Å². The van der Waals surface area contributed by atoms with E-state index in [1.807, 2.05) is 12.1 Å². The minimum absolute atomic E-state index is 0.0356. The van der Waals surface area contributed by atoms with E-state index in [1.165, 1.54) is 5.69 Å². The van der Waals surface area contributed by atoms with Gasteiger partial charge in [0.1, 0.15) is 5.75 Å². The molecule has 0 unspecified atom stereocenters. The van der Waals surface area contributed by atoms with Crippen molar-refractivity contribution in [3.63, 3.8) is 0 Å². The van der Waals surface area contributed by atoms with Gasteiger partial charge in [0.15, 0.2) is 6.61 Å². The van der Waals surface area contributed by atoms with Crippen LogP contribution >= 0.6 is 11.6 Å². The molecule has 5 nitrogen and oxygen atoms in total. The van der Waals surface area contributed by atoms with Gasteiger partial charge in [0.2, 0.25) is 0 Å². The van der Waals surface area contributed by atoms with Crippen LogP contribution in [0.3, 0.4) is 0 Å². The second-order valence-corrected chi connectivity index (χ2v) is 6.64. The Hall–Kier alpha value is -2.24. The summed E-state index contributed by atoms with van der Waals surface area (Å²) in [5.41, 5.74) is 2.27. The van der Waals surface area contributed by atoms with Gasteiger partial charge >= 0.3 is 0 Å². The number of likely N-dealkylation sites (N-methyl/N-ethyl adjacent to an activating group) is 1. The lowest BCUT2D eigenvalue weighted by molar-refractivity contribution is -0.132. The van der Waals surface area contributed by atoms with E-state index in [2.05, 4.69) is 29.2 Å². The zero-order valence-corrected chi connectivity index (χ0v) is 15.6. The molecule has 1 amide bonds. The van der Waals surface area contributed by atoms with E-state index in [4.69, 9.17) is 21.1 Å². The van der Waals surface area contributed by atoms with Gasteiger partial charge in [-0.2, -0.15) is 0 Å². The summed E-state index contributed by atoms with van der Waals surface area (Å²) in [6.07, 6.45) is 0. The molecule has 1 heterocycles. The first-order chi connectivity index (χ1) is 12.6. The number of morpholine rings is 1. The minimum Gasteiger partial charge on any atom is -0.482 e. The number of para-hydroxylation sites is 1.